The molecule has 1 aromatic rings. The third kappa shape index (κ3) is 3.85. The molecule has 1 unspecified atom stereocenters. The van der Waals surface area contributed by atoms with Crippen LogP contribution in [0, 0.1) is 0 Å². The SMILES string of the molecule is COCC(C)Nc1nc(Cl)nc(OC)n1. The lowest BCUT2D eigenvalue weighted by Gasteiger charge is -2.12. The summed E-state index contributed by atoms with van der Waals surface area (Å²) in [5, 5.41) is 3.10. The van der Waals surface area contributed by atoms with Gasteiger partial charge in [-0.15, -0.1) is 0 Å². The summed E-state index contributed by atoms with van der Waals surface area (Å²) >= 11 is 5.68. The number of ether oxygens (including phenoxy) is 2. The fourth-order valence-electron chi connectivity index (χ4n) is 1.000. The van der Waals surface area contributed by atoms with Crippen LogP contribution in [0.3, 0.4) is 0 Å². The van der Waals surface area contributed by atoms with Gasteiger partial charge in [0.2, 0.25) is 11.2 Å². The van der Waals surface area contributed by atoms with Crippen LogP contribution in [0.5, 0.6) is 6.01 Å². The molecule has 0 aliphatic carbocycles. The number of aromatic nitrogens is 3. The Morgan fingerprint density at radius 1 is 1.33 bits per heavy atom. The van der Waals surface area contributed by atoms with Gasteiger partial charge >= 0.3 is 6.01 Å². The van der Waals surface area contributed by atoms with Crippen molar-refractivity contribution in [3.63, 3.8) is 0 Å². The summed E-state index contributed by atoms with van der Waals surface area (Å²) in [6.07, 6.45) is 0. The molecule has 7 heteroatoms. The van der Waals surface area contributed by atoms with E-state index >= 15 is 0 Å². The van der Waals surface area contributed by atoms with Gasteiger partial charge in [0.1, 0.15) is 0 Å². The van der Waals surface area contributed by atoms with Crippen molar-refractivity contribution in [2.24, 2.45) is 0 Å². The van der Waals surface area contributed by atoms with Gasteiger partial charge in [-0.25, -0.2) is 0 Å². The zero-order chi connectivity index (χ0) is 11.3. The molecule has 1 heterocycles. The molecule has 1 aromatic heterocycles. The van der Waals surface area contributed by atoms with E-state index in [1.54, 1.807) is 7.11 Å². The van der Waals surface area contributed by atoms with Crippen LogP contribution >= 0.6 is 11.6 Å². The second-order valence-corrected chi connectivity index (χ2v) is 3.25. The zero-order valence-electron chi connectivity index (χ0n) is 8.82. The van der Waals surface area contributed by atoms with E-state index in [1.807, 2.05) is 6.92 Å². The summed E-state index contributed by atoms with van der Waals surface area (Å²) in [6, 6.07) is 0.264. The predicted octanol–water partition coefficient (Wildman–Crippen LogP) is 0.980. The minimum absolute atomic E-state index is 0.0816. The van der Waals surface area contributed by atoms with Gasteiger partial charge in [-0.2, -0.15) is 15.0 Å². The minimum Gasteiger partial charge on any atom is -0.467 e. The number of hydrogen-bond donors (Lipinski definition) is 1. The molecule has 0 fully saturated rings. The summed E-state index contributed by atoms with van der Waals surface area (Å²) in [4.78, 5) is 11.6. The lowest BCUT2D eigenvalue weighted by Crippen LogP contribution is -2.22. The fourth-order valence-corrected chi connectivity index (χ4v) is 1.15. The Morgan fingerprint density at radius 2 is 2.07 bits per heavy atom. The Labute approximate surface area is 93.0 Å². The van der Waals surface area contributed by atoms with Gasteiger partial charge in [-0.3, -0.25) is 0 Å². The van der Waals surface area contributed by atoms with Gasteiger partial charge in [-0.1, -0.05) is 0 Å². The summed E-state index contributed by atoms with van der Waals surface area (Å²) in [6.45, 7) is 2.49. The van der Waals surface area contributed by atoms with Crippen LogP contribution in [0.25, 0.3) is 0 Å². The normalized spacial score (nSPS) is 12.3. The third-order valence-electron chi connectivity index (χ3n) is 1.56. The van der Waals surface area contributed by atoms with Crippen molar-refractivity contribution in [1.82, 2.24) is 15.0 Å². The Bertz CT molecular complexity index is 324. The van der Waals surface area contributed by atoms with Crippen LogP contribution < -0.4 is 10.1 Å². The Kier molecular flexibility index (Phi) is 4.51. The number of hydrogen-bond acceptors (Lipinski definition) is 6. The van der Waals surface area contributed by atoms with Gasteiger partial charge < -0.3 is 14.8 Å². The van der Waals surface area contributed by atoms with Gasteiger partial charge in [0, 0.05) is 13.2 Å². The van der Waals surface area contributed by atoms with E-state index in [0.29, 0.717) is 12.6 Å². The molecule has 0 aromatic carbocycles. The highest BCUT2D eigenvalue weighted by Gasteiger charge is 2.07. The van der Waals surface area contributed by atoms with Crippen LogP contribution in [-0.2, 0) is 4.74 Å². The molecule has 0 amide bonds. The average molecular weight is 233 g/mol. The first kappa shape index (κ1) is 11.9. The fraction of sp³-hybridized carbons (Fsp3) is 0.625. The largest absolute Gasteiger partial charge is 0.467 e. The Morgan fingerprint density at radius 3 is 2.67 bits per heavy atom. The standard InChI is InChI=1S/C8H13ClN4O2/c1-5(4-14-2)10-7-11-6(9)12-8(13-7)15-3/h5H,4H2,1-3H3,(H,10,11,12,13). The molecule has 6 nitrogen and oxygen atoms in total. The van der Waals surface area contributed by atoms with E-state index in [1.165, 1.54) is 7.11 Å². The van der Waals surface area contributed by atoms with Crippen molar-refractivity contribution in [3.05, 3.63) is 5.28 Å². The number of nitrogens with one attached hydrogen (secondary N) is 1. The van der Waals surface area contributed by atoms with Crippen molar-refractivity contribution in [2.75, 3.05) is 26.1 Å². The second-order valence-electron chi connectivity index (χ2n) is 2.92. The summed E-state index contributed by atoms with van der Waals surface area (Å²) in [5.41, 5.74) is 0. The molecule has 0 saturated carbocycles. The molecule has 0 radical (unpaired) electrons. The molecule has 84 valence electrons. The highest BCUT2D eigenvalue weighted by atomic mass is 35.5. The Hall–Kier alpha value is -1.14. The third-order valence-corrected chi connectivity index (χ3v) is 1.73. The lowest BCUT2D eigenvalue weighted by atomic mass is 10.4. The number of halogens is 1. The van der Waals surface area contributed by atoms with E-state index in [4.69, 9.17) is 21.1 Å². The van der Waals surface area contributed by atoms with E-state index in [9.17, 15) is 0 Å². The highest BCUT2D eigenvalue weighted by molar-refractivity contribution is 6.28. The molecular formula is C8H13ClN4O2. The van der Waals surface area contributed by atoms with Gasteiger partial charge in [0.25, 0.3) is 0 Å². The highest BCUT2D eigenvalue weighted by Crippen LogP contribution is 2.11. The first-order valence-corrected chi connectivity index (χ1v) is 4.74. The van der Waals surface area contributed by atoms with E-state index in [-0.39, 0.29) is 17.3 Å². The van der Waals surface area contributed by atoms with Crippen LogP contribution in [-0.4, -0.2) is 41.8 Å². The average Bonchev–Trinajstić information content (AvgIpc) is 2.17. The molecule has 15 heavy (non-hydrogen) atoms. The molecule has 0 aliphatic heterocycles. The van der Waals surface area contributed by atoms with E-state index < -0.39 is 0 Å². The maximum atomic E-state index is 5.68. The molecule has 0 bridgehead atoms. The van der Waals surface area contributed by atoms with Crippen LogP contribution in [0.15, 0.2) is 0 Å². The Balaban J connectivity index is 2.71. The van der Waals surface area contributed by atoms with Crippen molar-refractivity contribution >= 4 is 17.5 Å². The summed E-state index contributed by atoms with van der Waals surface area (Å²) < 4.78 is 9.82. The molecule has 1 N–H and O–H groups in total. The maximum absolute atomic E-state index is 5.68. The van der Waals surface area contributed by atoms with Gasteiger partial charge in [0.15, 0.2) is 0 Å². The molecule has 0 aliphatic rings. The summed E-state index contributed by atoms with van der Waals surface area (Å²) in [7, 11) is 3.09. The van der Waals surface area contributed by atoms with Gasteiger partial charge in [0.05, 0.1) is 13.7 Å². The first-order chi connectivity index (χ1) is 7.15. The van der Waals surface area contributed by atoms with E-state index in [0.717, 1.165) is 0 Å². The first-order valence-electron chi connectivity index (χ1n) is 4.36. The minimum atomic E-state index is 0.0816. The predicted molar refractivity (Wildman–Crippen MR) is 56.3 cm³/mol. The van der Waals surface area contributed by atoms with Crippen LogP contribution in [0.4, 0.5) is 5.95 Å². The number of methoxy groups -OCH3 is 2. The van der Waals surface area contributed by atoms with Crippen molar-refractivity contribution in [1.29, 1.82) is 0 Å². The molecule has 0 spiro atoms. The van der Waals surface area contributed by atoms with Gasteiger partial charge in [-0.05, 0) is 18.5 Å². The quantitative estimate of drug-likeness (QED) is 0.816. The molecular weight excluding hydrogens is 220 g/mol. The van der Waals surface area contributed by atoms with Crippen molar-refractivity contribution < 1.29 is 9.47 Å². The van der Waals surface area contributed by atoms with Crippen LogP contribution in [0.2, 0.25) is 5.28 Å². The molecule has 1 atom stereocenters. The summed E-state index contributed by atoms with van der Waals surface area (Å²) in [5.74, 6) is 0.372. The monoisotopic (exact) mass is 232 g/mol. The number of nitrogens with zero attached hydrogens (tertiary/aromatic N) is 3. The second kappa shape index (κ2) is 5.67. The zero-order valence-corrected chi connectivity index (χ0v) is 9.58. The lowest BCUT2D eigenvalue weighted by molar-refractivity contribution is 0.190. The van der Waals surface area contributed by atoms with E-state index in [2.05, 4.69) is 20.3 Å². The van der Waals surface area contributed by atoms with Crippen LogP contribution in [0.1, 0.15) is 6.92 Å². The van der Waals surface area contributed by atoms with Crippen molar-refractivity contribution in [2.45, 2.75) is 13.0 Å². The number of anilines is 1. The molecule has 1 rings (SSSR count). The molecule has 0 saturated heterocycles. The number of rotatable bonds is 5. The van der Waals surface area contributed by atoms with Crippen molar-refractivity contribution in [3.8, 4) is 6.01 Å². The smallest absolute Gasteiger partial charge is 0.322 e. The topological polar surface area (TPSA) is 69.2 Å². The maximum Gasteiger partial charge on any atom is 0.322 e.